The highest BCUT2D eigenvalue weighted by Crippen LogP contribution is 2.58. The number of nitrogen functional groups attached to an aromatic ring is 1. The van der Waals surface area contributed by atoms with Crippen LogP contribution in [0.2, 0.25) is 5.15 Å². The van der Waals surface area contributed by atoms with Crippen LogP contribution in [-0.4, -0.2) is 31.6 Å². The zero-order valence-electron chi connectivity index (χ0n) is 10.4. The van der Waals surface area contributed by atoms with E-state index in [9.17, 15) is 8.78 Å². The maximum atomic E-state index is 13.7. The van der Waals surface area contributed by atoms with Crippen molar-refractivity contribution in [1.29, 1.82) is 0 Å². The Bertz CT molecular complexity index is 662. The van der Waals surface area contributed by atoms with E-state index in [1.54, 1.807) is 4.57 Å². The molecule has 3 atom stereocenters. The molecule has 0 radical (unpaired) electrons. The SMILES string of the molecule is Nc1nc(Cl)c2ncn(CC3C(CCP)C3(F)F)c2n1. The molecular weight excluding hydrogens is 307 g/mol. The van der Waals surface area contributed by atoms with Crippen LogP contribution in [0.5, 0.6) is 0 Å². The molecule has 9 heteroatoms. The zero-order valence-corrected chi connectivity index (χ0v) is 12.3. The molecule has 0 spiro atoms. The number of hydrogen-bond acceptors (Lipinski definition) is 4. The number of aromatic nitrogens is 4. The average Bonchev–Trinajstić information content (AvgIpc) is 2.72. The Hall–Kier alpha value is -1.07. The Morgan fingerprint density at radius 2 is 2.15 bits per heavy atom. The number of alkyl halides is 2. The average molecular weight is 320 g/mol. The van der Waals surface area contributed by atoms with Crippen LogP contribution in [0.4, 0.5) is 14.7 Å². The van der Waals surface area contributed by atoms with Gasteiger partial charge in [-0.2, -0.15) is 9.97 Å². The molecule has 2 N–H and O–H groups in total. The Kier molecular flexibility index (Phi) is 3.29. The highest BCUT2D eigenvalue weighted by molar-refractivity contribution is 7.16. The quantitative estimate of drug-likeness (QED) is 0.693. The lowest BCUT2D eigenvalue weighted by Crippen LogP contribution is -2.06. The van der Waals surface area contributed by atoms with Gasteiger partial charge >= 0.3 is 0 Å². The molecule has 1 saturated carbocycles. The Morgan fingerprint density at radius 1 is 1.40 bits per heavy atom. The van der Waals surface area contributed by atoms with Crippen LogP contribution in [0, 0.1) is 11.8 Å². The monoisotopic (exact) mass is 319 g/mol. The summed E-state index contributed by atoms with van der Waals surface area (Å²) < 4.78 is 28.9. The zero-order chi connectivity index (χ0) is 14.5. The van der Waals surface area contributed by atoms with Crippen molar-refractivity contribution in [3.8, 4) is 0 Å². The summed E-state index contributed by atoms with van der Waals surface area (Å²) in [5.41, 5.74) is 6.31. The highest BCUT2D eigenvalue weighted by atomic mass is 35.5. The summed E-state index contributed by atoms with van der Waals surface area (Å²) in [6, 6.07) is 0. The van der Waals surface area contributed by atoms with Crippen LogP contribution in [0.3, 0.4) is 0 Å². The first kappa shape index (κ1) is 13.9. The minimum atomic E-state index is -2.62. The van der Waals surface area contributed by atoms with Gasteiger partial charge in [0.1, 0.15) is 5.52 Å². The third-order valence-electron chi connectivity index (χ3n) is 3.68. The normalized spacial score (nSPS) is 24.2. The van der Waals surface area contributed by atoms with Crippen molar-refractivity contribution >= 4 is 38.0 Å². The van der Waals surface area contributed by atoms with Crippen molar-refractivity contribution < 1.29 is 8.78 Å². The van der Waals surface area contributed by atoms with Crippen molar-refractivity contribution in [2.24, 2.45) is 11.8 Å². The van der Waals surface area contributed by atoms with E-state index in [2.05, 4.69) is 24.2 Å². The van der Waals surface area contributed by atoms with Gasteiger partial charge in [0.25, 0.3) is 5.92 Å². The lowest BCUT2D eigenvalue weighted by atomic mass is 10.2. The van der Waals surface area contributed by atoms with E-state index < -0.39 is 17.8 Å². The number of halogens is 3. The molecule has 0 aromatic carbocycles. The molecule has 1 fully saturated rings. The minimum absolute atomic E-state index is 0.00770. The maximum absolute atomic E-state index is 13.7. The van der Waals surface area contributed by atoms with Crippen molar-refractivity contribution in [2.75, 3.05) is 11.9 Å². The molecule has 2 aromatic rings. The molecule has 108 valence electrons. The van der Waals surface area contributed by atoms with Crippen LogP contribution >= 0.6 is 20.8 Å². The number of rotatable bonds is 4. The van der Waals surface area contributed by atoms with Gasteiger partial charge in [-0.1, -0.05) is 11.6 Å². The Balaban J connectivity index is 1.89. The third-order valence-corrected chi connectivity index (χ3v) is 4.27. The predicted molar refractivity (Wildman–Crippen MR) is 75.9 cm³/mol. The van der Waals surface area contributed by atoms with Gasteiger partial charge in [-0.15, -0.1) is 9.24 Å². The molecule has 0 saturated heterocycles. The van der Waals surface area contributed by atoms with Crippen LogP contribution < -0.4 is 5.73 Å². The van der Waals surface area contributed by atoms with Gasteiger partial charge < -0.3 is 10.3 Å². The molecular formula is C11H13ClF2N5P. The molecule has 20 heavy (non-hydrogen) atoms. The maximum Gasteiger partial charge on any atom is 0.256 e. The van der Waals surface area contributed by atoms with Crippen LogP contribution in [-0.2, 0) is 6.54 Å². The van der Waals surface area contributed by atoms with Crippen LogP contribution in [0.25, 0.3) is 11.2 Å². The summed E-state index contributed by atoms with van der Waals surface area (Å²) in [4.78, 5) is 11.9. The third kappa shape index (κ3) is 2.13. The number of fused-ring (bicyclic) bond motifs is 1. The second kappa shape index (κ2) is 4.74. The number of nitrogens with two attached hydrogens (primary N) is 1. The first-order chi connectivity index (χ1) is 9.45. The fourth-order valence-electron chi connectivity index (χ4n) is 2.55. The lowest BCUT2D eigenvalue weighted by molar-refractivity contribution is 0.0811. The molecule has 2 aromatic heterocycles. The standard InChI is InChI=1S/C11H13ClF2N5P/c12-8-7-9(18-10(15)17-8)19(4-16-7)3-6-5(1-2-20)11(6,13)14/h4-6H,1-3,20H2,(H2,15,17,18). The second-order valence-corrected chi connectivity index (χ2v) is 5.84. The van der Waals surface area contributed by atoms with Crippen molar-refractivity contribution in [2.45, 2.75) is 18.9 Å². The summed E-state index contributed by atoms with van der Waals surface area (Å²) in [6.07, 6.45) is 2.62. The smallest absolute Gasteiger partial charge is 0.256 e. The van der Waals surface area contributed by atoms with E-state index >= 15 is 0 Å². The van der Waals surface area contributed by atoms with E-state index in [0.29, 0.717) is 23.7 Å². The van der Waals surface area contributed by atoms with Crippen LogP contribution in [0.1, 0.15) is 6.42 Å². The molecule has 5 nitrogen and oxygen atoms in total. The fraction of sp³-hybridized carbons (Fsp3) is 0.545. The van der Waals surface area contributed by atoms with Gasteiger partial charge in [0.15, 0.2) is 10.8 Å². The highest BCUT2D eigenvalue weighted by Gasteiger charge is 2.67. The molecule has 0 aliphatic heterocycles. The van der Waals surface area contributed by atoms with E-state index in [0.717, 1.165) is 0 Å². The number of nitrogens with zero attached hydrogens (tertiary/aromatic N) is 4. The summed E-state index contributed by atoms with van der Waals surface area (Å²) in [5, 5.41) is 0.135. The summed E-state index contributed by atoms with van der Waals surface area (Å²) in [7, 11) is 2.48. The summed E-state index contributed by atoms with van der Waals surface area (Å²) >= 11 is 5.90. The second-order valence-electron chi connectivity index (χ2n) is 4.91. The first-order valence-corrected chi connectivity index (χ1v) is 7.36. The number of imidazole rings is 1. The fourth-order valence-corrected chi connectivity index (χ4v) is 3.13. The minimum Gasteiger partial charge on any atom is -0.368 e. The summed E-state index contributed by atoms with van der Waals surface area (Å²) in [5.74, 6) is -3.87. The van der Waals surface area contributed by atoms with Gasteiger partial charge in [-0.25, -0.2) is 13.8 Å². The first-order valence-electron chi connectivity index (χ1n) is 6.17. The predicted octanol–water partition coefficient (Wildman–Crippen LogP) is 2.21. The molecule has 3 unspecified atom stereocenters. The van der Waals surface area contributed by atoms with Gasteiger partial charge in [0.2, 0.25) is 5.95 Å². The van der Waals surface area contributed by atoms with Gasteiger partial charge in [0, 0.05) is 18.4 Å². The topological polar surface area (TPSA) is 69.6 Å². The van der Waals surface area contributed by atoms with Crippen molar-refractivity contribution in [1.82, 2.24) is 19.5 Å². The number of anilines is 1. The molecule has 2 heterocycles. The van der Waals surface area contributed by atoms with E-state index in [-0.39, 0.29) is 17.6 Å². The molecule has 1 aliphatic carbocycles. The van der Waals surface area contributed by atoms with Gasteiger partial charge in [-0.05, 0) is 12.6 Å². The van der Waals surface area contributed by atoms with Gasteiger partial charge in [0.05, 0.1) is 6.33 Å². The molecule has 0 bridgehead atoms. The molecule has 0 amide bonds. The van der Waals surface area contributed by atoms with Gasteiger partial charge in [-0.3, -0.25) is 0 Å². The van der Waals surface area contributed by atoms with E-state index in [1.165, 1.54) is 6.33 Å². The van der Waals surface area contributed by atoms with E-state index in [4.69, 9.17) is 17.3 Å². The number of hydrogen-bond donors (Lipinski definition) is 1. The van der Waals surface area contributed by atoms with Crippen molar-refractivity contribution in [3.05, 3.63) is 11.5 Å². The lowest BCUT2D eigenvalue weighted by Gasteiger charge is -2.03. The Morgan fingerprint density at radius 3 is 2.85 bits per heavy atom. The molecule has 3 rings (SSSR count). The summed E-state index contributed by atoms with van der Waals surface area (Å²) in [6.45, 7) is 0.158. The van der Waals surface area contributed by atoms with Crippen LogP contribution in [0.15, 0.2) is 6.33 Å². The van der Waals surface area contributed by atoms with E-state index in [1.807, 2.05) is 0 Å². The largest absolute Gasteiger partial charge is 0.368 e. The van der Waals surface area contributed by atoms with Crippen molar-refractivity contribution in [3.63, 3.8) is 0 Å². The Labute approximate surface area is 121 Å². The molecule has 1 aliphatic rings.